The van der Waals surface area contributed by atoms with Crippen molar-refractivity contribution in [2.45, 2.75) is 6.54 Å². The predicted molar refractivity (Wildman–Crippen MR) is 91.1 cm³/mol. The Morgan fingerprint density at radius 1 is 1.25 bits per heavy atom. The van der Waals surface area contributed by atoms with Gasteiger partial charge in [0, 0.05) is 30.7 Å². The third-order valence-electron chi connectivity index (χ3n) is 3.85. The topological polar surface area (TPSA) is 73.2 Å². The highest BCUT2D eigenvalue weighted by Gasteiger charge is 2.15. The van der Waals surface area contributed by atoms with Crippen LogP contribution >= 0.6 is 0 Å². The molecule has 0 unspecified atom stereocenters. The first-order valence-electron chi connectivity index (χ1n) is 7.46. The fourth-order valence-corrected chi connectivity index (χ4v) is 2.58. The number of para-hydroxylation sites is 1. The van der Waals surface area contributed by atoms with Crippen molar-refractivity contribution in [3.8, 4) is 5.75 Å². The molecule has 0 aliphatic heterocycles. The first-order valence-corrected chi connectivity index (χ1v) is 7.46. The van der Waals surface area contributed by atoms with E-state index in [0.29, 0.717) is 11.4 Å². The van der Waals surface area contributed by atoms with Gasteiger partial charge in [0.05, 0.1) is 7.11 Å². The minimum Gasteiger partial charge on any atom is -0.496 e. The number of hydrogen-bond donors (Lipinski definition) is 1. The molecule has 0 aliphatic carbocycles. The van der Waals surface area contributed by atoms with Crippen LogP contribution in [-0.2, 0) is 13.6 Å². The molecule has 1 aromatic carbocycles. The van der Waals surface area contributed by atoms with Gasteiger partial charge in [-0.25, -0.2) is 4.98 Å². The number of hydrogen-bond acceptors (Lipinski definition) is 4. The van der Waals surface area contributed by atoms with Gasteiger partial charge < -0.3 is 10.1 Å². The van der Waals surface area contributed by atoms with Gasteiger partial charge in [-0.3, -0.25) is 14.2 Å². The van der Waals surface area contributed by atoms with E-state index in [1.54, 1.807) is 32.5 Å². The summed E-state index contributed by atoms with van der Waals surface area (Å²) in [5, 5.41) is 3.51. The van der Waals surface area contributed by atoms with Crippen molar-refractivity contribution in [3.63, 3.8) is 0 Å². The third-order valence-corrected chi connectivity index (χ3v) is 3.85. The maximum absolute atomic E-state index is 12.4. The second-order valence-corrected chi connectivity index (χ2v) is 5.33. The summed E-state index contributed by atoms with van der Waals surface area (Å²) in [6.07, 6.45) is 1.61. The van der Waals surface area contributed by atoms with Crippen LogP contribution in [-0.4, -0.2) is 22.6 Å². The Morgan fingerprint density at radius 2 is 2.04 bits per heavy atom. The number of benzene rings is 1. The maximum atomic E-state index is 12.4. The van der Waals surface area contributed by atoms with Crippen LogP contribution in [0.2, 0.25) is 0 Å². The molecule has 0 saturated carbocycles. The second kappa shape index (κ2) is 6.54. The van der Waals surface area contributed by atoms with Crippen molar-refractivity contribution in [1.82, 2.24) is 14.9 Å². The van der Waals surface area contributed by atoms with Crippen molar-refractivity contribution >= 4 is 16.9 Å². The van der Waals surface area contributed by atoms with E-state index < -0.39 is 5.91 Å². The van der Waals surface area contributed by atoms with E-state index in [-0.39, 0.29) is 17.7 Å². The largest absolute Gasteiger partial charge is 0.496 e. The predicted octanol–water partition coefficient (Wildman–Crippen LogP) is 1.87. The minimum absolute atomic E-state index is 0.0906. The Hall–Kier alpha value is -3.15. The molecule has 0 fully saturated rings. The molecule has 6 heteroatoms. The van der Waals surface area contributed by atoms with Crippen LogP contribution in [0.3, 0.4) is 0 Å². The van der Waals surface area contributed by atoms with E-state index in [4.69, 9.17) is 4.74 Å². The van der Waals surface area contributed by atoms with Gasteiger partial charge in [0.25, 0.3) is 11.5 Å². The zero-order valence-electron chi connectivity index (χ0n) is 13.4. The highest BCUT2D eigenvalue weighted by Crippen LogP contribution is 2.17. The summed E-state index contributed by atoms with van der Waals surface area (Å²) >= 11 is 0. The Bertz CT molecular complexity index is 963. The van der Waals surface area contributed by atoms with Crippen LogP contribution in [0.5, 0.6) is 5.75 Å². The third kappa shape index (κ3) is 2.86. The molecule has 0 atom stereocenters. The van der Waals surface area contributed by atoms with E-state index in [9.17, 15) is 9.59 Å². The molecule has 122 valence electrons. The average Bonchev–Trinajstić information content (AvgIpc) is 2.63. The van der Waals surface area contributed by atoms with Gasteiger partial charge in [0.2, 0.25) is 0 Å². The average molecular weight is 323 g/mol. The van der Waals surface area contributed by atoms with Gasteiger partial charge in [-0.15, -0.1) is 0 Å². The molecule has 1 amide bonds. The van der Waals surface area contributed by atoms with E-state index in [0.717, 1.165) is 10.9 Å². The standard InChI is InChI=1S/C18H17N3O3/c1-21-16-12(7-5-9-19-16)10-14(18(21)23)17(22)20-11-13-6-3-4-8-15(13)24-2/h3-10H,11H2,1-2H3,(H,20,22). The quantitative estimate of drug-likeness (QED) is 0.795. The SMILES string of the molecule is COc1ccccc1CNC(=O)c1cc2cccnc2n(C)c1=O. The van der Waals surface area contributed by atoms with E-state index in [2.05, 4.69) is 10.3 Å². The van der Waals surface area contributed by atoms with E-state index >= 15 is 0 Å². The molecule has 24 heavy (non-hydrogen) atoms. The molecular formula is C18H17N3O3. The molecule has 3 rings (SSSR count). The smallest absolute Gasteiger partial charge is 0.264 e. The lowest BCUT2D eigenvalue weighted by Crippen LogP contribution is -2.32. The number of carbonyl (C=O) groups is 1. The van der Waals surface area contributed by atoms with Crippen LogP contribution in [0.4, 0.5) is 0 Å². The molecule has 6 nitrogen and oxygen atoms in total. The second-order valence-electron chi connectivity index (χ2n) is 5.33. The van der Waals surface area contributed by atoms with Gasteiger partial charge in [0.15, 0.2) is 0 Å². The summed E-state index contributed by atoms with van der Waals surface area (Å²) in [5.74, 6) is 0.265. The van der Waals surface area contributed by atoms with Crippen molar-refractivity contribution in [2.24, 2.45) is 7.05 Å². The van der Waals surface area contributed by atoms with E-state index in [1.165, 1.54) is 4.57 Å². The number of carbonyl (C=O) groups excluding carboxylic acids is 1. The minimum atomic E-state index is -0.424. The maximum Gasteiger partial charge on any atom is 0.264 e. The molecular weight excluding hydrogens is 306 g/mol. The molecule has 0 radical (unpaired) electrons. The lowest BCUT2D eigenvalue weighted by atomic mass is 10.1. The molecule has 0 saturated heterocycles. The Balaban J connectivity index is 1.89. The van der Waals surface area contributed by atoms with Crippen molar-refractivity contribution < 1.29 is 9.53 Å². The first kappa shape index (κ1) is 15.7. The lowest BCUT2D eigenvalue weighted by Gasteiger charge is -2.10. The number of rotatable bonds is 4. The van der Waals surface area contributed by atoms with Gasteiger partial charge in [0.1, 0.15) is 17.0 Å². The van der Waals surface area contributed by atoms with Crippen LogP contribution < -0.4 is 15.6 Å². The number of nitrogens with one attached hydrogen (secondary N) is 1. The molecule has 2 aromatic heterocycles. The molecule has 1 N–H and O–H groups in total. The molecule has 3 aromatic rings. The van der Waals surface area contributed by atoms with E-state index in [1.807, 2.05) is 30.3 Å². The summed E-state index contributed by atoms with van der Waals surface area (Å²) < 4.78 is 6.64. The van der Waals surface area contributed by atoms with Crippen LogP contribution in [0.15, 0.2) is 53.5 Å². The lowest BCUT2D eigenvalue weighted by molar-refractivity contribution is 0.0949. The zero-order valence-corrected chi connectivity index (χ0v) is 13.4. The summed E-state index contributed by atoms with van der Waals surface area (Å²) in [4.78, 5) is 29.0. The van der Waals surface area contributed by atoms with Crippen molar-refractivity contribution in [3.05, 3.63) is 70.1 Å². The van der Waals surface area contributed by atoms with Crippen molar-refractivity contribution in [2.75, 3.05) is 7.11 Å². The van der Waals surface area contributed by atoms with Crippen LogP contribution in [0, 0.1) is 0 Å². The fourth-order valence-electron chi connectivity index (χ4n) is 2.58. The Kier molecular flexibility index (Phi) is 4.29. The summed E-state index contributed by atoms with van der Waals surface area (Å²) in [6, 6.07) is 12.6. The van der Waals surface area contributed by atoms with Gasteiger partial charge >= 0.3 is 0 Å². The molecule has 2 heterocycles. The number of amides is 1. The Labute approximate surface area is 138 Å². The normalized spacial score (nSPS) is 10.6. The highest BCUT2D eigenvalue weighted by molar-refractivity contribution is 5.96. The fraction of sp³-hybridized carbons (Fsp3) is 0.167. The Morgan fingerprint density at radius 3 is 2.83 bits per heavy atom. The number of fused-ring (bicyclic) bond motifs is 1. The number of aryl methyl sites for hydroxylation is 1. The monoisotopic (exact) mass is 323 g/mol. The molecule has 0 aliphatic rings. The number of ether oxygens (including phenoxy) is 1. The highest BCUT2D eigenvalue weighted by atomic mass is 16.5. The molecule has 0 spiro atoms. The number of nitrogens with zero attached hydrogens (tertiary/aromatic N) is 2. The van der Waals surface area contributed by atoms with Crippen molar-refractivity contribution in [1.29, 1.82) is 0 Å². The summed E-state index contributed by atoms with van der Waals surface area (Å²) in [6.45, 7) is 0.275. The number of methoxy groups -OCH3 is 1. The molecule has 0 bridgehead atoms. The first-order chi connectivity index (χ1) is 11.6. The number of pyridine rings is 2. The van der Waals surface area contributed by atoms with Crippen LogP contribution in [0.1, 0.15) is 15.9 Å². The summed E-state index contributed by atoms with van der Waals surface area (Å²) in [5.41, 5.74) is 1.10. The zero-order chi connectivity index (χ0) is 17.1. The van der Waals surface area contributed by atoms with Gasteiger partial charge in [-0.2, -0.15) is 0 Å². The van der Waals surface area contributed by atoms with Gasteiger partial charge in [-0.05, 0) is 24.3 Å². The summed E-state index contributed by atoms with van der Waals surface area (Å²) in [7, 11) is 3.18. The van der Waals surface area contributed by atoms with Crippen LogP contribution in [0.25, 0.3) is 11.0 Å². The number of aromatic nitrogens is 2. The van der Waals surface area contributed by atoms with Gasteiger partial charge in [-0.1, -0.05) is 18.2 Å².